The van der Waals surface area contributed by atoms with Gasteiger partial charge in [-0.3, -0.25) is 9.69 Å². The molecule has 10 nitrogen and oxygen atoms in total. The van der Waals surface area contributed by atoms with E-state index in [0.29, 0.717) is 30.1 Å². The van der Waals surface area contributed by atoms with E-state index in [4.69, 9.17) is 29.4 Å². The second-order valence-corrected chi connectivity index (χ2v) is 15.2. The van der Waals surface area contributed by atoms with Gasteiger partial charge in [-0.05, 0) is 103 Å². The molecule has 276 valence electrons. The van der Waals surface area contributed by atoms with Gasteiger partial charge in [-0.15, -0.1) is 0 Å². The molecule has 0 bridgehead atoms. The topological polar surface area (TPSA) is 115 Å². The normalized spacial score (nSPS) is 18.4. The molecule has 2 unspecified atom stereocenters. The Morgan fingerprint density at radius 2 is 1.90 bits per heavy atom. The first-order valence-corrected chi connectivity index (χ1v) is 18.1. The van der Waals surface area contributed by atoms with Crippen LogP contribution in [0.15, 0.2) is 54.6 Å². The predicted molar refractivity (Wildman–Crippen MR) is 193 cm³/mol. The van der Waals surface area contributed by atoms with Gasteiger partial charge in [0.15, 0.2) is 0 Å². The molecule has 2 aliphatic heterocycles. The molecule has 12 heteroatoms. The highest BCUT2D eigenvalue weighted by Crippen LogP contribution is 2.30. The van der Waals surface area contributed by atoms with Crippen LogP contribution in [0.3, 0.4) is 0 Å². The predicted octanol–water partition coefficient (Wildman–Crippen LogP) is 6.85. The number of nitrogens with zero attached hydrogens (tertiary/aromatic N) is 5. The average molecular weight is 715 g/mol. The van der Waals surface area contributed by atoms with Crippen molar-refractivity contribution in [1.82, 2.24) is 24.8 Å². The molecule has 2 aliphatic rings. The maximum atomic E-state index is 14.4. The first kappa shape index (κ1) is 37.3. The molecule has 4 aromatic rings. The summed E-state index contributed by atoms with van der Waals surface area (Å²) in [5.74, 6) is 0.930. The van der Waals surface area contributed by atoms with Crippen LogP contribution in [0.2, 0.25) is 0 Å². The van der Waals surface area contributed by atoms with Gasteiger partial charge < -0.3 is 24.1 Å². The van der Waals surface area contributed by atoms with Gasteiger partial charge in [-0.1, -0.05) is 12.1 Å². The summed E-state index contributed by atoms with van der Waals surface area (Å²) in [6.45, 7) is 10.5. The summed E-state index contributed by atoms with van der Waals surface area (Å²) in [4.78, 5) is 25.7. The monoisotopic (exact) mass is 714 g/mol. The fourth-order valence-electron chi connectivity index (χ4n) is 6.53. The second kappa shape index (κ2) is 16.1. The van der Waals surface area contributed by atoms with E-state index >= 15 is 0 Å². The number of carbonyl (C=O) groups is 1. The van der Waals surface area contributed by atoms with E-state index in [1.807, 2.05) is 44.2 Å². The first-order valence-electron chi connectivity index (χ1n) is 18.1. The maximum absolute atomic E-state index is 14.4. The second-order valence-electron chi connectivity index (χ2n) is 15.2. The number of halogens is 2. The minimum Gasteiger partial charge on any atom is -0.473 e. The molecule has 0 saturated carbocycles. The number of aromatic nitrogens is 3. The van der Waals surface area contributed by atoms with E-state index in [2.05, 4.69) is 14.8 Å². The Balaban J connectivity index is 1.12. The highest BCUT2D eigenvalue weighted by atomic mass is 19.1. The van der Waals surface area contributed by atoms with Crippen molar-refractivity contribution in [3.8, 4) is 11.9 Å². The van der Waals surface area contributed by atoms with Gasteiger partial charge in [0.1, 0.15) is 24.9 Å². The number of carbonyl (C=O) groups excluding carboxylic acids is 1. The number of fused-ring (bicyclic) bond motifs is 1. The molecule has 4 heterocycles. The van der Waals surface area contributed by atoms with Crippen molar-refractivity contribution in [2.45, 2.75) is 96.2 Å². The smallest absolute Gasteiger partial charge is 0.251 e. The molecule has 6 rings (SSSR count). The number of nitriles is 1. The molecule has 2 atom stereocenters. The molecular weight excluding hydrogens is 666 g/mol. The van der Waals surface area contributed by atoms with E-state index in [1.165, 1.54) is 6.07 Å². The number of alkyl halides is 1. The zero-order valence-corrected chi connectivity index (χ0v) is 30.5. The largest absolute Gasteiger partial charge is 0.473 e. The average Bonchev–Trinajstić information content (AvgIpc) is 3.26. The lowest BCUT2D eigenvalue weighted by Crippen LogP contribution is -2.49. The van der Waals surface area contributed by atoms with Crippen molar-refractivity contribution in [2.24, 2.45) is 0 Å². The summed E-state index contributed by atoms with van der Waals surface area (Å²) in [7, 11) is 0. The van der Waals surface area contributed by atoms with E-state index in [-0.39, 0.29) is 36.7 Å². The van der Waals surface area contributed by atoms with Crippen LogP contribution >= 0.6 is 0 Å². The van der Waals surface area contributed by atoms with Gasteiger partial charge >= 0.3 is 0 Å². The van der Waals surface area contributed by atoms with Crippen LogP contribution in [0.5, 0.6) is 5.88 Å². The maximum Gasteiger partial charge on any atom is 0.251 e. The quantitative estimate of drug-likeness (QED) is 0.151. The van der Waals surface area contributed by atoms with Crippen molar-refractivity contribution in [2.75, 3.05) is 33.0 Å². The van der Waals surface area contributed by atoms with Crippen molar-refractivity contribution < 1.29 is 27.8 Å². The van der Waals surface area contributed by atoms with Crippen LogP contribution in [-0.2, 0) is 29.2 Å². The molecule has 0 radical (unpaired) electrons. The summed E-state index contributed by atoms with van der Waals surface area (Å²) in [5, 5.41) is 12.1. The standard InChI is InChI=1S/C40H48F2N6O4/c1-39(2,26-52-40(3,4)25-41)46-38(49)29-12-13-34-35(20-29)48(22-31-15-18-50-31)36(44-34)23-47-16-6-7-28(14-17-47)33-8-5-9-37(45-33)51-24-30-11-10-27(21-43)19-32(30)42/h5,8-13,19-20,28,31H,6-7,14-18,22-26H2,1-4H3,(H,46,49). The number of benzene rings is 2. The molecule has 0 spiro atoms. The number of nitrogens with one attached hydrogen (secondary N) is 1. The Hall–Kier alpha value is -4.44. The third kappa shape index (κ3) is 9.31. The highest BCUT2D eigenvalue weighted by molar-refractivity contribution is 5.97. The van der Waals surface area contributed by atoms with Gasteiger partial charge in [-0.2, -0.15) is 5.26 Å². The zero-order chi connectivity index (χ0) is 36.9. The van der Waals surface area contributed by atoms with E-state index in [9.17, 15) is 13.6 Å². The Morgan fingerprint density at radius 3 is 2.63 bits per heavy atom. The van der Waals surface area contributed by atoms with Crippen LogP contribution in [0.25, 0.3) is 11.0 Å². The number of imidazole rings is 1. The summed E-state index contributed by atoms with van der Waals surface area (Å²) >= 11 is 0. The Kier molecular flexibility index (Phi) is 11.5. The number of likely N-dealkylation sites (tertiary alicyclic amines) is 1. The number of hydrogen-bond donors (Lipinski definition) is 1. The first-order chi connectivity index (χ1) is 24.9. The SMILES string of the molecule is CC(C)(COC(C)(C)CF)NC(=O)c1ccc2nc(CN3CCCC(c4cccc(OCc5ccc(C#N)cc5F)n4)CC3)n(CC3CCO3)c2c1. The molecule has 2 aromatic heterocycles. The van der Waals surface area contributed by atoms with E-state index in [0.717, 1.165) is 67.9 Å². The number of amides is 1. The molecule has 2 aromatic carbocycles. The summed E-state index contributed by atoms with van der Waals surface area (Å²) in [5.41, 5.74) is 2.21. The molecule has 52 heavy (non-hydrogen) atoms. The van der Waals surface area contributed by atoms with Crippen molar-refractivity contribution in [3.05, 3.63) is 88.6 Å². The molecule has 2 saturated heterocycles. The summed E-state index contributed by atoms with van der Waals surface area (Å²) in [6.07, 6.45) is 3.97. The van der Waals surface area contributed by atoms with Crippen molar-refractivity contribution in [3.63, 3.8) is 0 Å². The lowest BCUT2D eigenvalue weighted by Gasteiger charge is -2.31. The van der Waals surface area contributed by atoms with Crippen LogP contribution in [0.1, 0.15) is 92.3 Å². The minimum absolute atomic E-state index is 0.0263. The van der Waals surface area contributed by atoms with Crippen LogP contribution < -0.4 is 10.1 Å². The van der Waals surface area contributed by atoms with Gasteiger partial charge in [0.25, 0.3) is 5.91 Å². The highest BCUT2D eigenvalue weighted by Gasteiger charge is 2.28. The van der Waals surface area contributed by atoms with Crippen molar-refractivity contribution >= 4 is 16.9 Å². The molecular formula is C40H48F2N6O4. The fraction of sp³-hybridized carbons (Fsp3) is 0.500. The Labute approximate surface area is 304 Å². The molecule has 2 fully saturated rings. The van der Waals surface area contributed by atoms with Crippen LogP contribution in [0, 0.1) is 17.1 Å². The summed E-state index contributed by atoms with van der Waals surface area (Å²) < 4.78 is 47.3. The number of rotatable bonds is 14. The number of ether oxygens (including phenoxy) is 3. The van der Waals surface area contributed by atoms with Gasteiger partial charge in [-0.25, -0.2) is 18.7 Å². The van der Waals surface area contributed by atoms with Gasteiger partial charge in [0, 0.05) is 35.4 Å². The molecule has 1 N–H and O–H groups in total. The third-order valence-corrected chi connectivity index (χ3v) is 9.77. The molecule has 0 aliphatic carbocycles. The molecule has 1 amide bonds. The summed E-state index contributed by atoms with van der Waals surface area (Å²) in [6, 6.07) is 17.6. The Morgan fingerprint density at radius 1 is 1.08 bits per heavy atom. The van der Waals surface area contributed by atoms with Gasteiger partial charge in [0.05, 0.1) is 59.6 Å². The van der Waals surface area contributed by atoms with E-state index < -0.39 is 23.6 Å². The van der Waals surface area contributed by atoms with Gasteiger partial charge in [0.2, 0.25) is 5.88 Å². The lowest BCUT2D eigenvalue weighted by atomic mass is 9.96. The van der Waals surface area contributed by atoms with Crippen LogP contribution in [0.4, 0.5) is 8.78 Å². The van der Waals surface area contributed by atoms with Crippen LogP contribution in [-0.4, -0.2) is 75.6 Å². The van der Waals surface area contributed by atoms with Crippen molar-refractivity contribution in [1.29, 1.82) is 5.26 Å². The zero-order valence-electron chi connectivity index (χ0n) is 30.5. The lowest BCUT2D eigenvalue weighted by molar-refractivity contribution is -0.0592. The fourth-order valence-corrected chi connectivity index (χ4v) is 6.53. The number of hydrogen-bond acceptors (Lipinski definition) is 8. The minimum atomic E-state index is -0.920. The van der Waals surface area contributed by atoms with E-state index in [1.54, 1.807) is 38.1 Å². The Bertz CT molecular complexity index is 1920. The third-order valence-electron chi connectivity index (χ3n) is 9.77. The number of pyridine rings is 1.